The number of pyridine rings is 1. The second-order valence-electron chi connectivity index (χ2n) is 2.29. The maximum absolute atomic E-state index is 11.2. The second kappa shape index (κ2) is 3.84. The van der Waals surface area contributed by atoms with Gasteiger partial charge in [-0.25, -0.2) is 9.78 Å². The minimum absolute atomic E-state index is 0.329. The molecule has 1 rings (SSSR count). The molecule has 1 aromatic heterocycles. The third kappa shape index (κ3) is 1.74. The molecule has 0 N–H and O–H groups in total. The highest BCUT2D eigenvalue weighted by atomic mass is 127. The number of aromatic nitrogens is 1. The molecule has 0 unspecified atom stereocenters. The first-order chi connectivity index (χ1) is 5.66. The molecule has 64 valence electrons. The zero-order chi connectivity index (χ0) is 9.14. The maximum atomic E-state index is 11.2. The molecule has 0 atom stereocenters. The molecule has 0 bridgehead atoms. The van der Waals surface area contributed by atoms with Crippen LogP contribution in [-0.2, 0) is 4.74 Å². The van der Waals surface area contributed by atoms with E-state index in [-0.39, 0.29) is 5.97 Å². The Balaban J connectivity index is 3.21. The minimum Gasteiger partial charge on any atom is -0.465 e. The SMILES string of the molecule is COC(=O)c1c(C)ccnc1I. The Morgan fingerprint density at radius 2 is 2.33 bits per heavy atom. The van der Waals surface area contributed by atoms with Crippen molar-refractivity contribution in [1.82, 2.24) is 4.98 Å². The van der Waals surface area contributed by atoms with Crippen molar-refractivity contribution in [2.24, 2.45) is 0 Å². The number of ether oxygens (including phenoxy) is 1. The Morgan fingerprint density at radius 3 is 2.83 bits per heavy atom. The van der Waals surface area contributed by atoms with E-state index in [1.165, 1.54) is 7.11 Å². The van der Waals surface area contributed by atoms with E-state index in [1.807, 2.05) is 29.5 Å². The summed E-state index contributed by atoms with van der Waals surface area (Å²) in [5, 5.41) is 0. The fourth-order valence-corrected chi connectivity index (χ4v) is 1.68. The number of hydrogen-bond donors (Lipinski definition) is 0. The van der Waals surface area contributed by atoms with Crippen molar-refractivity contribution in [2.45, 2.75) is 6.92 Å². The number of nitrogens with zero attached hydrogens (tertiary/aromatic N) is 1. The van der Waals surface area contributed by atoms with Crippen molar-refractivity contribution in [2.75, 3.05) is 7.11 Å². The van der Waals surface area contributed by atoms with Crippen LogP contribution in [0, 0.1) is 10.6 Å². The van der Waals surface area contributed by atoms with Crippen LogP contribution >= 0.6 is 22.6 Å². The molecule has 0 aliphatic carbocycles. The number of carbonyl (C=O) groups is 1. The molecule has 0 spiro atoms. The van der Waals surface area contributed by atoms with Crippen LogP contribution in [0.2, 0.25) is 0 Å². The van der Waals surface area contributed by atoms with E-state index in [0.717, 1.165) is 5.56 Å². The zero-order valence-electron chi connectivity index (χ0n) is 6.80. The molecule has 0 saturated heterocycles. The van der Waals surface area contributed by atoms with E-state index in [4.69, 9.17) is 0 Å². The van der Waals surface area contributed by atoms with E-state index >= 15 is 0 Å². The second-order valence-corrected chi connectivity index (χ2v) is 3.31. The Bertz CT molecular complexity index is 292. The summed E-state index contributed by atoms with van der Waals surface area (Å²) in [6.07, 6.45) is 1.67. The van der Waals surface area contributed by atoms with Crippen LogP contribution in [0.3, 0.4) is 0 Å². The van der Waals surface area contributed by atoms with E-state index < -0.39 is 0 Å². The Hall–Kier alpha value is -0.650. The van der Waals surface area contributed by atoms with Crippen molar-refractivity contribution in [3.05, 3.63) is 27.1 Å². The highest BCUT2D eigenvalue weighted by Crippen LogP contribution is 2.14. The Kier molecular flexibility index (Phi) is 3.02. The summed E-state index contributed by atoms with van der Waals surface area (Å²) < 4.78 is 5.29. The molecule has 4 heteroatoms. The lowest BCUT2D eigenvalue weighted by Gasteiger charge is -2.03. The van der Waals surface area contributed by atoms with Crippen LogP contribution in [0.4, 0.5) is 0 Å². The van der Waals surface area contributed by atoms with Crippen LogP contribution in [-0.4, -0.2) is 18.1 Å². The summed E-state index contributed by atoms with van der Waals surface area (Å²) in [6, 6.07) is 1.79. The highest BCUT2D eigenvalue weighted by molar-refractivity contribution is 14.1. The fourth-order valence-electron chi connectivity index (χ4n) is 0.872. The summed E-state index contributed by atoms with van der Waals surface area (Å²) in [4.78, 5) is 15.2. The number of rotatable bonds is 1. The van der Waals surface area contributed by atoms with Crippen molar-refractivity contribution in [1.29, 1.82) is 0 Å². The lowest BCUT2D eigenvalue weighted by molar-refractivity contribution is 0.0598. The summed E-state index contributed by atoms with van der Waals surface area (Å²) in [5.74, 6) is -0.329. The predicted octanol–water partition coefficient (Wildman–Crippen LogP) is 1.78. The van der Waals surface area contributed by atoms with Crippen LogP contribution in [0.5, 0.6) is 0 Å². The molecule has 0 amide bonds. The first-order valence-electron chi connectivity index (χ1n) is 3.36. The zero-order valence-corrected chi connectivity index (χ0v) is 8.95. The molecule has 0 aromatic carbocycles. The van der Waals surface area contributed by atoms with Crippen LogP contribution < -0.4 is 0 Å². The van der Waals surface area contributed by atoms with Gasteiger partial charge in [-0.15, -0.1) is 0 Å². The molecular weight excluding hydrogens is 269 g/mol. The van der Waals surface area contributed by atoms with Crippen molar-refractivity contribution in [3.8, 4) is 0 Å². The molecule has 12 heavy (non-hydrogen) atoms. The van der Waals surface area contributed by atoms with Crippen molar-refractivity contribution >= 4 is 28.6 Å². The molecule has 3 nitrogen and oxygen atoms in total. The van der Waals surface area contributed by atoms with Crippen LogP contribution in [0.1, 0.15) is 15.9 Å². The third-order valence-corrected chi connectivity index (χ3v) is 2.32. The predicted molar refractivity (Wildman–Crippen MR) is 53.0 cm³/mol. The summed E-state index contributed by atoms with van der Waals surface area (Å²) in [6.45, 7) is 1.86. The molecule has 1 aromatic rings. The van der Waals surface area contributed by atoms with Gasteiger partial charge in [-0.1, -0.05) is 0 Å². The molecule has 0 radical (unpaired) electrons. The van der Waals surface area contributed by atoms with E-state index in [2.05, 4.69) is 9.72 Å². The molecule has 0 aliphatic heterocycles. The average Bonchev–Trinajstić information content (AvgIpc) is 2.03. The molecule has 0 fully saturated rings. The topological polar surface area (TPSA) is 39.2 Å². The first-order valence-corrected chi connectivity index (χ1v) is 4.44. The lowest BCUT2D eigenvalue weighted by atomic mass is 10.2. The van der Waals surface area contributed by atoms with E-state index in [9.17, 15) is 4.79 Å². The van der Waals surface area contributed by atoms with Gasteiger partial charge in [0.15, 0.2) is 0 Å². The monoisotopic (exact) mass is 277 g/mol. The van der Waals surface area contributed by atoms with Gasteiger partial charge in [-0.2, -0.15) is 0 Å². The first kappa shape index (κ1) is 9.44. The number of halogens is 1. The summed E-state index contributed by atoms with van der Waals surface area (Å²) in [5.41, 5.74) is 1.45. The maximum Gasteiger partial charge on any atom is 0.340 e. The quantitative estimate of drug-likeness (QED) is 0.446. The highest BCUT2D eigenvalue weighted by Gasteiger charge is 2.13. The van der Waals surface area contributed by atoms with Gasteiger partial charge in [0.2, 0.25) is 0 Å². The lowest BCUT2D eigenvalue weighted by Crippen LogP contribution is -2.07. The average molecular weight is 277 g/mol. The van der Waals surface area contributed by atoms with Gasteiger partial charge in [0.25, 0.3) is 0 Å². The minimum atomic E-state index is -0.329. The number of methoxy groups -OCH3 is 1. The fraction of sp³-hybridized carbons (Fsp3) is 0.250. The number of esters is 1. The smallest absolute Gasteiger partial charge is 0.340 e. The number of aryl methyl sites for hydroxylation is 1. The summed E-state index contributed by atoms with van der Waals surface area (Å²) >= 11 is 2.01. The van der Waals surface area contributed by atoms with Gasteiger partial charge >= 0.3 is 5.97 Å². The van der Waals surface area contributed by atoms with Crippen LogP contribution in [0.15, 0.2) is 12.3 Å². The third-order valence-electron chi connectivity index (χ3n) is 1.50. The van der Waals surface area contributed by atoms with Gasteiger partial charge < -0.3 is 4.74 Å². The normalized spacial score (nSPS) is 9.58. The largest absolute Gasteiger partial charge is 0.465 e. The molecular formula is C8H8INO2. The molecule has 1 heterocycles. The van der Waals surface area contributed by atoms with Crippen LogP contribution in [0.25, 0.3) is 0 Å². The van der Waals surface area contributed by atoms with Gasteiger partial charge in [0.1, 0.15) is 3.70 Å². The van der Waals surface area contributed by atoms with Gasteiger partial charge in [0, 0.05) is 6.20 Å². The van der Waals surface area contributed by atoms with Crippen molar-refractivity contribution < 1.29 is 9.53 Å². The number of hydrogen-bond acceptors (Lipinski definition) is 3. The Labute approximate surface area is 84.3 Å². The molecule has 0 aliphatic rings. The van der Waals surface area contributed by atoms with Gasteiger partial charge in [0.05, 0.1) is 12.7 Å². The standard InChI is InChI=1S/C8H8INO2/c1-5-3-4-10-7(9)6(5)8(11)12-2/h3-4H,1-2H3. The molecule has 0 saturated carbocycles. The number of carbonyl (C=O) groups excluding carboxylic acids is 1. The van der Waals surface area contributed by atoms with Crippen molar-refractivity contribution in [3.63, 3.8) is 0 Å². The van der Waals surface area contributed by atoms with Gasteiger partial charge in [-0.3, -0.25) is 0 Å². The Morgan fingerprint density at radius 1 is 1.67 bits per heavy atom. The summed E-state index contributed by atoms with van der Waals surface area (Å²) in [7, 11) is 1.37. The van der Waals surface area contributed by atoms with E-state index in [1.54, 1.807) is 12.3 Å². The van der Waals surface area contributed by atoms with E-state index in [0.29, 0.717) is 9.26 Å². The van der Waals surface area contributed by atoms with Gasteiger partial charge in [-0.05, 0) is 41.1 Å².